The number of hydrogen-bond acceptors (Lipinski definition) is 1. The fourth-order valence-corrected chi connectivity index (χ4v) is 4.85. The zero-order chi connectivity index (χ0) is 11.3. The number of rotatable bonds is 2. The van der Waals surface area contributed by atoms with Crippen molar-refractivity contribution >= 4 is 6.21 Å². The van der Waals surface area contributed by atoms with Gasteiger partial charge < -0.3 is 4.98 Å². The van der Waals surface area contributed by atoms with Crippen molar-refractivity contribution in [2.75, 3.05) is 0 Å². The lowest BCUT2D eigenvalue weighted by Gasteiger charge is -2.54. The molecule has 4 aliphatic rings. The monoisotopic (exact) mass is 228 g/mol. The number of nitrogens with zero attached hydrogens (tertiary/aromatic N) is 1. The number of aliphatic imine (C=N–C) groups is 1. The maximum absolute atomic E-state index is 5.00. The molecule has 5 rings (SSSR count). The molecule has 0 atom stereocenters. The van der Waals surface area contributed by atoms with Crippen LogP contribution in [-0.2, 0) is 0 Å². The van der Waals surface area contributed by atoms with Gasteiger partial charge in [0, 0.05) is 12.4 Å². The molecule has 1 N–H and O–H groups in total. The van der Waals surface area contributed by atoms with Gasteiger partial charge in [-0.3, -0.25) is 4.99 Å². The van der Waals surface area contributed by atoms with E-state index in [1.54, 1.807) is 0 Å². The predicted molar refractivity (Wildman–Crippen MR) is 69.3 cm³/mol. The van der Waals surface area contributed by atoms with Crippen molar-refractivity contribution in [2.45, 2.75) is 44.1 Å². The molecule has 2 nitrogen and oxygen atoms in total. The fraction of sp³-hybridized carbons (Fsp3) is 0.667. The van der Waals surface area contributed by atoms with Crippen molar-refractivity contribution < 1.29 is 0 Å². The van der Waals surface area contributed by atoms with Crippen LogP contribution >= 0.6 is 0 Å². The van der Waals surface area contributed by atoms with Crippen LogP contribution in [0.25, 0.3) is 0 Å². The van der Waals surface area contributed by atoms with Crippen molar-refractivity contribution in [3.05, 3.63) is 24.0 Å². The lowest BCUT2D eigenvalue weighted by Crippen LogP contribution is -2.49. The third-order valence-electron chi connectivity index (χ3n) is 5.11. The largest absolute Gasteiger partial charge is 0.360 e. The Balaban J connectivity index is 1.60. The SMILES string of the molecule is C(=NC12CC3CC(CC(C3)C1)C2)c1ccc[nH]1. The standard InChI is InChI=1S/C15H20N2/c1-2-14(16-3-1)10-17-15-7-11-4-12(8-15)6-13(5-11)9-15/h1-3,10-13,16H,4-9H2. The molecular weight excluding hydrogens is 208 g/mol. The van der Waals surface area contributed by atoms with E-state index in [1.165, 1.54) is 38.5 Å². The van der Waals surface area contributed by atoms with E-state index in [2.05, 4.69) is 17.3 Å². The maximum atomic E-state index is 5.00. The van der Waals surface area contributed by atoms with Gasteiger partial charge >= 0.3 is 0 Å². The first kappa shape index (κ1) is 9.93. The highest BCUT2D eigenvalue weighted by Crippen LogP contribution is 2.57. The average molecular weight is 228 g/mol. The number of aromatic nitrogens is 1. The Hall–Kier alpha value is -1.05. The highest BCUT2D eigenvalue weighted by molar-refractivity contribution is 5.77. The van der Waals surface area contributed by atoms with Crippen LogP contribution in [0.5, 0.6) is 0 Å². The highest BCUT2D eigenvalue weighted by Gasteiger charge is 2.50. The van der Waals surface area contributed by atoms with Gasteiger partial charge in [-0.15, -0.1) is 0 Å². The molecule has 0 unspecified atom stereocenters. The summed E-state index contributed by atoms with van der Waals surface area (Å²) in [6.07, 6.45) is 12.6. The van der Waals surface area contributed by atoms with Gasteiger partial charge in [0.1, 0.15) is 0 Å². The molecule has 0 aliphatic heterocycles. The van der Waals surface area contributed by atoms with Crippen LogP contribution < -0.4 is 0 Å². The molecule has 4 fully saturated rings. The van der Waals surface area contributed by atoms with E-state index in [-0.39, 0.29) is 0 Å². The molecule has 90 valence electrons. The Morgan fingerprint density at radius 1 is 1.12 bits per heavy atom. The van der Waals surface area contributed by atoms with E-state index in [1.807, 2.05) is 12.3 Å². The first-order chi connectivity index (χ1) is 8.31. The third kappa shape index (κ3) is 1.65. The molecule has 0 spiro atoms. The topological polar surface area (TPSA) is 28.1 Å². The minimum atomic E-state index is 0.319. The maximum Gasteiger partial charge on any atom is 0.0617 e. The molecule has 17 heavy (non-hydrogen) atoms. The van der Waals surface area contributed by atoms with Crippen LogP contribution in [0, 0.1) is 17.8 Å². The highest BCUT2D eigenvalue weighted by atomic mass is 14.9. The molecule has 4 bridgehead atoms. The first-order valence-electron chi connectivity index (χ1n) is 7.00. The molecule has 0 aromatic carbocycles. The van der Waals surface area contributed by atoms with Crippen molar-refractivity contribution in [3.8, 4) is 0 Å². The van der Waals surface area contributed by atoms with Gasteiger partial charge in [-0.1, -0.05) is 0 Å². The van der Waals surface area contributed by atoms with E-state index in [9.17, 15) is 0 Å². The second-order valence-corrected chi connectivity index (χ2v) is 6.53. The lowest BCUT2D eigenvalue weighted by molar-refractivity contribution is 0.00194. The van der Waals surface area contributed by atoms with Gasteiger partial charge in [0.25, 0.3) is 0 Å². The molecule has 4 saturated carbocycles. The second kappa shape index (κ2) is 3.47. The Labute approximate surface area is 103 Å². The smallest absolute Gasteiger partial charge is 0.0617 e. The van der Waals surface area contributed by atoms with Crippen molar-refractivity contribution in [1.82, 2.24) is 4.98 Å². The second-order valence-electron chi connectivity index (χ2n) is 6.53. The van der Waals surface area contributed by atoms with Gasteiger partial charge in [0.05, 0.1) is 11.2 Å². The minimum absolute atomic E-state index is 0.319. The minimum Gasteiger partial charge on any atom is -0.360 e. The Morgan fingerprint density at radius 3 is 2.29 bits per heavy atom. The molecule has 1 aromatic rings. The number of hydrogen-bond donors (Lipinski definition) is 1. The Morgan fingerprint density at radius 2 is 1.76 bits per heavy atom. The summed E-state index contributed by atoms with van der Waals surface area (Å²) in [6, 6.07) is 4.14. The number of nitrogens with one attached hydrogen (secondary N) is 1. The van der Waals surface area contributed by atoms with Crippen molar-refractivity contribution in [3.63, 3.8) is 0 Å². The van der Waals surface area contributed by atoms with Crippen LogP contribution in [0.2, 0.25) is 0 Å². The average Bonchev–Trinajstić information content (AvgIpc) is 2.77. The molecule has 0 radical (unpaired) electrons. The summed E-state index contributed by atoms with van der Waals surface area (Å²) in [6.45, 7) is 0. The normalized spacial score (nSPS) is 43.6. The summed E-state index contributed by atoms with van der Waals surface area (Å²) >= 11 is 0. The lowest BCUT2D eigenvalue weighted by atomic mass is 9.53. The summed E-state index contributed by atoms with van der Waals surface area (Å²) < 4.78 is 0. The Kier molecular flexibility index (Phi) is 2.03. The Bertz CT molecular complexity index is 394. The zero-order valence-electron chi connectivity index (χ0n) is 10.2. The molecule has 4 aliphatic carbocycles. The first-order valence-corrected chi connectivity index (χ1v) is 7.00. The van der Waals surface area contributed by atoms with Crippen molar-refractivity contribution in [1.29, 1.82) is 0 Å². The summed E-state index contributed by atoms with van der Waals surface area (Å²) in [5.74, 6) is 2.96. The molecule has 2 heteroatoms. The molecular formula is C15H20N2. The van der Waals surface area contributed by atoms with Crippen LogP contribution in [0.4, 0.5) is 0 Å². The molecule has 1 heterocycles. The van der Waals surface area contributed by atoms with Crippen LogP contribution in [0.3, 0.4) is 0 Å². The summed E-state index contributed by atoms with van der Waals surface area (Å²) in [4.78, 5) is 8.22. The molecule has 0 amide bonds. The van der Waals surface area contributed by atoms with Gasteiger partial charge in [-0.05, 0) is 68.4 Å². The van der Waals surface area contributed by atoms with E-state index in [0.717, 1.165) is 23.4 Å². The summed E-state index contributed by atoms with van der Waals surface area (Å²) in [5, 5.41) is 0. The number of H-pyrrole nitrogens is 1. The van der Waals surface area contributed by atoms with E-state index in [4.69, 9.17) is 4.99 Å². The molecule has 0 saturated heterocycles. The fourth-order valence-electron chi connectivity index (χ4n) is 4.85. The van der Waals surface area contributed by atoms with Crippen molar-refractivity contribution in [2.24, 2.45) is 22.7 Å². The van der Waals surface area contributed by atoms with E-state index >= 15 is 0 Å². The quantitative estimate of drug-likeness (QED) is 0.751. The third-order valence-corrected chi connectivity index (χ3v) is 5.11. The predicted octanol–water partition coefficient (Wildman–Crippen LogP) is 3.40. The number of aromatic amines is 1. The van der Waals surface area contributed by atoms with Gasteiger partial charge in [-0.2, -0.15) is 0 Å². The molecule has 1 aromatic heterocycles. The summed E-state index contributed by atoms with van der Waals surface area (Å²) in [5.41, 5.74) is 1.47. The summed E-state index contributed by atoms with van der Waals surface area (Å²) in [7, 11) is 0. The zero-order valence-corrected chi connectivity index (χ0v) is 10.2. The van der Waals surface area contributed by atoms with Crippen LogP contribution in [0.1, 0.15) is 44.2 Å². The van der Waals surface area contributed by atoms with Crippen LogP contribution in [-0.4, -0.2) is 16.7 Å². The van der Waals surface area contributed by atoms with Gasteiger partial charge in [-0.25, -0.2) is 0 Å². The van der Waals surface area contributed by atoms with Gasteiger partial charge in [0.2, 0.25) is 0 Å². The van der Waals surface area contributed by atoms with Gasteiger partial charge in [0.15, 0.2) is 0 Å². The van der Waals surface area contributed by atoms with Crippen LogP contribution in [0.15, 0.2) is 23.3 Å². The van der Waals surface area contributed by atoms with E-state index < -0.39 is 0 Å². The van der Waals surface area contributed by atoms with E-state index in [0.29, 0.717) is 5.54 Å².